The Kier molecular flexibility index (Phi) is 8.57. The number of benzene rings is 1. The number of amides is 1. The first-order valence-electron chi connectivity index (χ1n) is 5.29. The van der Waals surface area contributed by atoms with Gasteiger partial charge in [0, 0.05) is 13.0 Å². The van der Waals surface area contributed by atoms with E-state index in [-0.39, 0.29) is 6.04 Å². The lowest BCUT2D eigenvalue weighted by Crippen LogP contribution is -2.17. The van der Waals surface area contributed by atoms with Gasteiger partial charge < -0.3 is 5.73 Å². The van der Waals surface area contributed by atoms with Crippen molar-refractivity contribution >= 4 is 29.0 Å². The first kappa shape index (κ1) is 16.4. The van der Waals surface area contributed by atoms with E-state index in [4.69, 9.17) is 5.73 Å². The first-order valence-corrected chi connectivity index (χ1v) is 5.70. The summed E-state index contributed by atoms with van der Waals surface area (Å²) in [6.45, 7) is 3.09. The van der Waals surface area contributed by atoms with Crippen LogP contribution in [0, 0.1) is 0 Å². The smallest absolute Gasteiger partial charge is 0.244 e. The number of rotatable bonds is 3. The van der Waals surface area contributed by atoms with E-state index in [0.29, 0.717) is 0 Å². The second-order valence-corrected chi connectivity index (χ2v) is 3.88. The topological polar surface area (TPSA) is 67.5 Å². The highest BCUT2D eigenvalue weighted by atomic mass is 32.1. The van der Waals surface area contributed by atoms with E-state index in [0.717, 1.165) is 24.6 Å². The minimum absolute atomic E-state index is 0.194. The maximum atomic E-state index is 10.5. The number of isothiocyanates is 1. The van der Waals surface area contributed by atoms with Crippen molar-refractivity contribution in [2.75, 3.05) is 0 Å². The molecule has 6 heteroatoms. The van der Waals surface area contributed by atoms with Crippen LogP contribution in [0.25, 0.3) is 0 Å². The molecule has 1 atom stereocenters. The molecule has 0 aliphatic heterocycles. The Morgan fingerprint density at radius 3 is 2.39 bits per heavy atom. The molecule has 1 aromatic carbocycles. The number of carbonyl (C=O) groups is 1. The lowest BCUT2D eigenvalue weighted by molar-refractivity contribution is -0.123. The number of hydrogen-bond donors (Lipinski definition) is 2. The summed E-state index contributed by atoms with van der Waals surface area (Å²) in [5.74, 6) is -0.662. The van der Waals surface area contributed by atoms with Gasteiger partial charge in [0.2, 0.25) is 5.91 Å². The van der Waals surface area contributed by atoms with Crippen molar-refractivity contribution in [3.63, 3.8) is 0 Å². The summed E-state index contributed by atoms with van der Waals surface area (Å²) in [7, 11) is 0. The first-order chi connectivity index (χ1) is 8.49. The van der Waals surface area contributed by atoms with E-state index in [1.807, 2.05) is 31.2 Å². The molecule has 18 heavy (non-hydrogen) atoms. The fourth-order valence-electron chi connectivity index (χ4n) is 1.13. The Morgan fingerprint density at radius 2 is 2.06 bits per heavy atom. The number of aliphatic imine (C=N–C) groups is 1. The van der Waals surface area contributed by atoms with E-state index in [1.165, 1.54) is 5.56 Å². The number of nitrogens with zero attached hydrogens (tertiary/aromatic N) is 1. The summed E-state index contributed by atoms with van der Waals surface area (Å²) < 4.78 is 10.5. The lowest BCUT2D eigenvalue weighted by atomic mass is 10.1. The summed E-state index contributed by atoms with van der Waals surface area (Å²) >= 11 is 4.50. The molecule has 0 aliphatic carbocycles. The molecule has 0 radical (unpaired) electrons. The molecule has 1 amide bonds. The number of nitrogens with two attached hydrogens (primary N) is 1. The molecule has 0 aromatic heterocycles. The third kappa shape index (κ3) is 8.52. The molecule has 0 saturated heterocycles. The number of nitrogens with one attached hydrogen (secondary N) is 1. The zero-order valence-corrected chi connectivity index (χ0v) is 11.1. The van der Waals surface area contributed by atoms with Gasteiger partial charge in [-0.3, -0.25) is 4.79 Å². The Morgan fingerprint density at radius 1 is 1.56 bits per heavy atom. The maximum absolute atomic E-state index is 10.5. The summed E-state index contributed by atoms with van der Waals surface area (Å²) in [4.78, 5) is 13.2. The van der Waals surface area contributed by atoms with E-state index in [2.05, 4.69) is 22.4 Å². The van der Waals surface area contributed by atoms with Crippen molar-refractivity contribution in [3.8, 4) is 0 Å². The van der Waals surface area contributed by atoms with Crippen LogP contribution in [0.4, 0.5) is 10.2 Å². The van der Waals surface area contributed by atoms with Gasteiger partial charge in [0.05, 0.1) is 10.8 Å². The average Bonchev–Trinajstić information content (AvgIpc) is 2.32. The Labute approximate surface area is 111 Å². The van der Waals surface area contributed by atoms with Crippen LogP contribution >= 0.6 is 12.2 Å². The molecule has 0 heterocycles. The van der Waals surface area contributed by atoms with Gasteiger partial charge in [0.25, 0.3) is 0 Å². The van der Waals surface area contributed by atoms with E-state index in [9.17, 15) is 9.28 Å². The Balaban J connectivity index is 0.000000494. The van der Waals surface area contributed by atoms with Crippen LogP contribution in [0.15, 0.2) is 29.3 Å². The summed E-state index contributed by atoms with van der Waals surface area (Å²) in [6, 6.07) is 8.04. The molecular formula is C12H16FN3OS. The molecule has 0 bridgehead atoms. The van der Waals surface area contributed by atoms with Crippen molar-refractivity contribution in [2.45, 2.75) is 26.3 Å². The van der Waals surface area contributed by atoms with Crippen molar-refractivity contribution in [3.05, 3.63) is 29.8 Å². The van der Waals surface area contributed by atoms with Gasteiger partial charge in [0.15, 0.2) is 0 Å². The summed E-state index contributed by atoms with van der Waals surface area (Å²) in [5, 5.41) is 2.33. The number of carbonyl (C=O) groups excluding carboxylic acids is 1. The van der Waals surface area contributed by atoms with Gasteiger partial charge in [-0.2, -0.15) is 10.5 Å². The monoisotopic (exact) mass is 269 g/mol. The predicted molar refractivity (Wildman–Crippen MR) is 73.4 cm³/mol. The molecule has 1 rings (SSSR count). The Hall–Kier alpha value is -1.62. The molecule has 0 fully saturated rings. The zero-order valence-electron chi connectivity index (χ0n) is 10.3. The second-order valence-electron chi connectivity index (χ2n) is 3.70. The molecule has 3 N–H and O–H groups in total. The second kappa shape index (κ2) is 9.41. The van der Waals surface area contributed by atoms with Crippen molar-refractivity contribution in [1.29, 1.82) is 0 Å². The standard InChI is InChI=1S/C10H12N2S.C2H4FNO/c1-8(11)6-9-2-4-10(5-3-9)12-7-13;1-2(5)4-3/h2-5,8H,6,11H2,1H3;1H3,(H,4,5). The highest BCUT2D eigenvalue weighted by molar-refractivity contribution is 7.78. The fourth-order valence-corrected chi connectivity index (χ4v) is 1.24. The largest absolute Gasteiger partial charge is 0.328 e. The predicted octanol–water partition coefficient (Wildman–Crippen LogP) is 2.32. The van der Waals surface area contributed by atoms with E-state index < -0.39 is 5.91 Å². The quantitative estimate of drug-likeness (QED) is 0.502. The summed E-state index contributed by atoms with van der Waals surface area (Å²) in [5.41, 5.74) is 8.61. The van der Waals surface area contributed by atoms with Crippen LogP contribution in [0.5, 0.6) is 0 Å². The van der Waals surface area contributed by atoms with Crippen LogP contribution in [-0.2, 0) is 11.2 Å². The van der Waals surface area contributed by atoms with Crippen LogP contribution in [0.1, 0.15) is 19.4 Å². The molecule has 4 nitrogen and oxygen atoms in total. The van der Waals surface area contributed by atoms with Gasteiger partial charge in [-0.15, -0.1) is 4.48 Å². The lowest BCUT2D eigenvalue weighted by Gasteiger charge is -2.04. The van der Waals surface area contributed by atoms with Gasteiger partial charge in [-0.1, -0.05) is 12.1 Å². The van der Waals surface area contributed by atoms with Crippen LogP contribution < -0.4 is 11.3 Å². The van der Waals surface area contributed by atoms with Gasteiger partial charge >= 0.3 is 0 Å². The SMILES string of the molecule is CC(=O)NF.CC(N)Cc1ccc(N=C=S)cc1. The normalized spacial score (nSPS) is 10.4. The Bertz CT molecular complexity index is 414. The highest BCUT2D eigenvalue weighted by Gasteiger charge is 1.96. The van der Waals surface area contributed by atoms with Crippen LogP contribution in [0.2, 0.25) is 0 Å². The van der Waals surface area contributed by atoms with Crippen molar-refractivity contribution < 1.29 is 9.28 Å². The minimum Gasteiger partial charge on any atom is -0.328 e. The molecule has 0 aliphatic rings. The van der Waals surface area contributed by atoms with E-state index in [1.54, 1.807) is 0 Å². The number of thiocarbonyl (C=S) groups is 1. The molecule has 98 valence electrons. The van der Waals surface area contributed by atoms with Gasteiger partial charge in [0.1, 0.15) is 0 Å². The third-order valence-corrected chi connectivity index (χ3v) is 1.89. The van der Waals surface area contributed by atoms with Crippen LogP contribution in [0.3, 0.4) is 0 Å². The van der Waals surface area contributed by atoms with Crippen molar-refractivity contribution in [2.24, 2.45) is 10.7 Å². The molecule has 1 aromatic rings. The maximum Gasteiger partial charge on any atom is 0.244 e. The molecule has 0 spiro atoms. The third-order valence-electron chi connectivity index (χ3n) is 1.80. The van der Waals surface area contributed by atoms with Gasteiger partial charge in [-0.05, 0) is 43.3 Å². The van der Waals surface area contributed by atoms with Crippen LogP contribution in [-0.4, -0.2) is 17.1 Å². The fraction of sp³-hybridized carbons (Fsp3) is 0.333. The van der Waals surface area contributed by atoms with Crippen molar-refractivity contribution in [1.82, 2.24) is 5.54 Å². The summed E-state index contributed by atoms with van der Waals surface area (Å²) in [6.07, 6.45) is 0.890. The number of halogens is 1. The molecule has 1 unspecified atom stereocenters. The highest BCUT2D eigenvalue weighted by Crippen LogP contribution is 2.12. The molecular weight excluding hydrogens is 253 g/mol. The average molecular weight is 269 g/mol. The zero-order chi connectivity index (χ0) is 14.0. The van der Waals surface area contributed by atoms with E-state index >= 15 is 0 Å². The minimum atomic E-state index is -0.662. The van der Waals surface area contributed by atoms with Gasteiger partial charge in [-0.25, -0.2) is 0 Å². The number of hydrogen-bond acceptors (Lipinski definition) is 4. The molecule has 0 saturated carbocycles.